The van der Waals surface area contributed by atoms with Gasteiger partial charge in [0.15, 0.2) is 1.41 Å². The van der Waals surface area contributed by atoms with Crippen LogP contribution in [0.3, 0.4) is 0 Å². The first-order chi connectivity index (χ1) is 7.77. The summed E-state index contributed by atoms with van der Waals surface area (Å²) in [5.41, 5.74) is 0. The molecule has 0 saturated heterocycles. The SMILES string of the molecule is [3H]N(I)C#CC#CC#CC#CC#CC#C[CH2-]. The zero-order valence-corrected chi connectivity index (χ0v) is 9.69. The minimum absolute atomic E-state index is 0.929. The lowest BCUT2D eigenvalue weighted by Crippen LogP contribution is -1.77. The van der Waals surface area contributed by atoms with Gasteiger partial charge in [-0.1, -0.05) is 0 Å². The summed E-state index contributed by atoms with van der Waals surface area (Å²) in [7, 11) is 0. The highest BCUT2D eigenvalue weighted by Gasteiger charge is 1.56. The van der Waals surface area contributed by atoms with E-state index in [-0.39, 0.29) is 0 Å². The molecule has 0 radical (unpaired) electrons. The molecule has 0 aliphatic heterocycles. The molecule has 68 valence electrons. The van der Waals surface area contributed by atoms with Gasteiger partial charge in [0.05, 0.1) is 22.9 Å². The number of nitrogens with one attached hydrogen (secondary N) is 1. The summed E-state index contributed by atoms with van der Waals surface area (Å²) in [5, 5.41) is 0. The van der Waals surface area contributed by atoms with Crippen LogP contribution in [-0.2, 0) is 0 Å². The topological polar surface area (TPSA) is 12.0 Å². The third-order valence-electron chi connectivity index (χ3n) is 0.749. The minimum atomic E-state index is 0.929. The Bertz CT molecular complexity index is 593. The van der Waals surface area contributed by atoms with Gasteiger partial charge in [-0.25, -0.2) is 5.92 Å². The fourth-order valence-corrected chi connectivity index (χ4v) is 0.464. The van der Waals surface area contributed by atoms with Gasteiger partial charge in [-0.2, -0.15) is 6.92 Å². The van der Waals surface area contributed by atoms with E-state index in [4.69, 9.17) is 1.41 Å². The second kappa shape index (κ2) is 11.8. The van der Waals surface area contributed by atoms with Crippen molar-refractivity contribution < 1.29 is 1.41 Å². The molecule has 1 N–H and O–H groups in total. The summed E-state index contributed by atoms with van der Waals surface area (Å²) in [6.07, 6.45) is 0. The van der Waals surface area contributed by atoms with Crippen molar-refractivity contribution in [2.75, 3.05) is 0 Å². The first-order valence-corrected chi connectivity index (χ1v) is 4.46. The Labute approximate surface area is 106 Å². The van der Waals surface area contributed by atoms with Gasteiger partial charge in [-0.15, -0.1) is 5.92 Å². The van der Waals surface area contributed by atoms with Gasteiger partial charge >= 0.3 is 0 Å². The minimum Gasteiger partial charge on any atom is -0.287 e. The van der Waals surface area contributed by atoms with E-state index in [9.17, 15) is 0 Å². The molecule has 0 aliphatic rings. The monoisotopic (exact) mass is 302 g/mol. The van der Waals surface area contributed by atoms with Crippen LogP contribution in [0.5, 0.6) is 0 Å². The molecule has 0 saturated carbocycles. The molecule has 0 unspecified atom stereocenters. The quantitative estimate of drug-likeness (QED) is 0.229. The Morgan fingerprint density at radius 3 is 1.60 bits per heavy atom. The van der Waals surface area contributed by atoms with Gasteiger partial charge in [0.1, 0.15) is 0 Å². The molecule has 0 aliphatic carbocycles. The molecule has 0 rings (SSSR count). The van der Waals surface area contributed by atoms with Crippen LogP contribution in [0.15, 0.2) is 0 Å². The molecule has 0 aromatic heterocycles. The maximum Gasteiger partial charge on any atom is 0.183 e. The van der Waals surface area contributed by atoms with Gasteiger partial charge in [0, 0.05) is 29.7 Å². The van der Waals surface area contributed by atoms with Crippen molar-refractivity contribution in [3.8, 4) is 71.2 Å². The largest absolute Gasteiger partial charge is 0.287 e. The second-order valence-corrected chi connectivity index (χ2v) is 2.11. The van der Waals surface area contributed by atoms with Gasteiger partial charge in [-0.3, -0.25) is 9.44 Å². The summed E-state index contributed by atoms with van der Waals surface area (Å²) in [5.74, 6) is 26.9. The number of rotatable bonds is 0. The lowest BCUT2D eigenvalue weighted by Gasteiger charge is -1.65. The fourth-order valence-electron chi connectivity index (χ4n) is 0.343. The highest BCUT2D eigenvalue weighted by molar-refractivity contribution is 14.1. The maximum atomic E-state index is 6.89. The van der Waals surface area contributed by atoms with Crippen molar-refractivity contribution in [1.29, 1.82) is 0 Å². The van der Waals surface area contributed by atoms with E-state index >= 15 is 0 Å². The standard InChI is InChI=1S/C13H3IN/c1-2-3-4-5-6-7-8-9-10-11-12-13-15-14/h15H,1H2/q-1/i/hT. The predicted molar refractivity (Wildman–Crippen MR) is 69.2 cm³/mol. The highest BCUT2D eigenvalue weighted by atomic mass is 127. The van der Waals surface area contributed by atoms with Crippen LogP contribution >= 0.6 is 22.9 Å². The van der Waals surface area contributed by atoms with E-state index in [0.29, 0.717) is 0 Å². The van der Waals surface area contributed by atoms with Crippen molar-refractivity contribution in [2.45, 2.75) is 0 Å². The Kier molecular flexibility index (Phi) is 8.50. The summed E-state index contributed by atoms with van der Waals surface area (Å²) in [6.45, 7) is 3.29. The Hall–Kier alpha value is -2.24. The van der Waals surface area contributed by atoms with Crippen LogP contribution in [0.25, 0.3) is 0 Å². The molecule has 0 amide bonds. The van der Waals surface area contributed by atoms with Crippen molar-refractivity contribution in [1.82, 2.24) is 3.52 Å². The summed E-state index contributed by atoms with van der Waals surface area (Å²) >= 11 is 1.70. The van der Waals surface area contributed by atoms with Crippen LogP contribution in [0.1, 0.15) is 0 Å². The van der Waals surface area contributed by atoms with Crippen LogP contribution in [0.2, 0.25) is 1.41 Å². The lowest BCUT2D eigenvalue weighted by molar-refractivity contribution is 1.61. The van der Waals surface area contributed by atoms with Crippen LogP contribution in [0, 0.1) is 78.1 Å². The molecule has 1 nitrogen and oxygen atoms in total. The van der Waals surface area contributed by atoms with Crippen molar-refractivity contribution in [2.24, 2.45) is 0 Å². The van der Waals surface area contributed by atoms with Gasteiger partial charge in [-0.05, 0) is 23.7 Å². The van der Waals surface area contributed by atoms with Crippen LogP contribution in [-0.4, -0.2) is 0 Å². The van der Waals surface area contributed by atoms with Crippen molar-refractivity contribution >= 4 is 22.9 Å². The van der Waals surface area contributed by atoms with E-state index < -0.39 is 0 Å². The summed E-state index contributed by atoms with van der Waals surface area (Å²) in [4.78, 5) is 0. The van der Waals surface area contributed by atoms with Crippen molar-refractivity contribution in [3.63, 3.8) is 0 Å². The van der Waals surface area contributed by atoms with E-state index in [1.165, 1.54) is 0 Å². The van der Waals surface area contributed by atoms with Gasteiger partial charge in [0.2, 0.25) is 0 Å². The number of hydrogen-bond donors (Lipinski definition) is 1. The van der Waals surface area contributed by atoms with Crippen LogP contribution < -0.4 is 3.52 Å². The Morgan fingerprint density at radius 2 is 1.20 bits per heavy atom. The molecule has 2 heteroatoms. The average Bonchev–Trinajstić information content (AvgIpc) is 2.25. The zero-order chi connectivity index (χ0) is 12.1. The third-order valence-corrected chi connectivity index (χ3v) is 0.990. The van der Waals surface area contributed by atoms with E-state index in [1.54, 1.807) is 22.9 Å². The third kappa shape index (κ3) is 11.8. The normalized spacial score (nSPS) is 5.00. The average molecular weight is 302 g/mol. The molecular weight excluding hydrogens is 297 g/mol. The van der Waals surface area contributed by atoms with E-state index in [1.807, 2.05) is 0 Å². The molecule has 0 fully saturated rings. The molecule has 0 spiro atoms. The molecular formula is C13H3IN-. The van der Waals surface area contributed by atoms with E-state index in [0.717, 1.165) is 3.52 Å². The zero-order valence-electron chi connectivity index (χ0n) is 8.53. The molecule has 0 heterocycles. The molecule has 15 heavy (non-hydrogen) atoms. The van der Waals surface area contributed by atoms with Gasteiger partial charge < -0.3 is 0 Å². The lowest BCUT2D eigenvalue weighted by atomic mass is 10.5. The number of halogens is 1. The predicted octanol–water partition coefficient (Wildman–Crippen LogP) is 0.738. The van der Waals surface area contributed by atoms with Gasteiger partial charge in [0.25, 0.3) is 0 Å². The Balaban J connectivity index is 4.20. The smallest absolute Gasteiger partial charge is 0.183 e. The summed E-state index contributed by atoms with van der Waals surface area (Å²) < 4.78 is 7.82. The Morgan fingerprint density at radius 1 is 0.800 bits per heavy atom. The first kappa shape index (κ1) is 10.8. The van der Waals surface area contributed by atoms with E-state index in [2.05, 4.69) is 78.1 Å². The highest BCUT2D eigenvalue weighted by Crippen LogP contribution is 1.60. The first-order valence-electron chi connectivity index (χ1n) is 3.94. The molecule has 0 atom stereocenters. The number of hydrogen-bond acceptors (Lipinski definition) is 1. The molecule has 0 bridgehead atoms. The van der Waals surface area contributed by atoms with Crippen LogP contribution in [0.4, 0.5) is 0 Å². The maximum absolute atomic E-state index is 6.89. The molecule has 0 aromatic rings. The molecule has 0 aromatic carbocycles. The second-order valence-electron chi connectivity index (χ2n) is 1.62. The van der Waals surface area contributed by atoms with Crippen molar-refractivity contribution in [3.05, 3.63) is 6.92 Å². The summed E-state index contributed by atoms with van der Waals surface area (Å²) in [6, 6.07) is 2.39. The fraction of sp³-hybridized carbons (Fsp3) is 0.